The number of carbonyl (C=O) groups is 1. The van der Waals surface area contributed by atoms with Crippen LogP contribution < -0.4 is 0 Å². The lowest BCUT2D eigenvalue weighted by Gasteiger charge is -2.36. The van der Waals surface area contributed by atoms with Crippen LogP contribution in [-0.2, 0) is 9.53 Å². The van der Waals surface area contributed by atoms with Crippen molar-refractivity contribution in [3.05, 3.63) is 11.7 Å². The second-order valence-corrected chi connectivity index (χ2v) is 4.35. The molecule has 0 N–H and O–H groups in total. The van der Waals surface area contributed by atoms with Crippen LogP contribution in [0.4, 0.5) is 48.3 Å². The fraction of sp³-hybridized carbons (Fsp3) is 0.727. The molecule has 0 aliphatic rings. The minimum absolute atomic E-state index is 0.113. The molecule has 0 spiro atoms. The third-order valence-corrected chi connectivity index (χ3v) is 2.65. The summed E-state index contributed by atoms with van der Waals surface area (Å²) in [6.07, 6.45) is -18.5. The van der Waals surface area contributed by atoms with Gasteiger partial charge in [0, 0.05) is 0 Å². The Labute approximate surface area is 127 Å². The number of hydrogen-bond donors (Lipinski definition) is 0. The third kappa shape index (κ3) is 3.91. The maximum absolute atomic E-state index is 13.5. The van der Waals surface area contributed by atoms with Gasteiger partial charge < -0.3 is 4.74 Å². The number of ether oxygens (including phenoxy) is 1. The Kier molecular flexibility index (Phi) is 6.67. The van der Waals surface area contributed by atoms with Gasteiger partial charge in [0.25, 0.3) is 6.08 Å². The molecule has 13 heteroatoms. The van der Waals surface area contributed by atoms with E-state index in [1.807, 2.05) is 0 Å². The number of carbonyl (C=O) groups excluding carboxylic acids is 1. The van der Waals surface area contributed by atoms with E-state index in [9.17, 15) is 53.1 Å². The molecule has 0 rings (SSSR count). The molecule has 0 aromatic heterocycles. The Hall–Kier alpha value is -1.56. The highest BCUT2D eigenvalue weighted by Crippen LogP contribution is 2.57. The Morgan fingerprint density at radius 1 is 0.875 bits per heavy atom. The number of esters is 1. The molecule has 0 saturated carbocycles. The van der Waals surface area contributed by atoms with Gasteiger partial charge in [-0.1, -0.05) is 13.3 Å². The Bertz CT molecular complexity index is 471. The van der Waals surface area contributed by atoms with E-state index in [-0.39, 0.29) is 12.8 Å². The first kappa shape index (κ1) is 22.4. The monoisotopic (exact) mass is 382 g/mol. The summed E-state index contributed by atoms with van der Waals surface area (Å²) in [5, 5.41) is 0. The van der Waals surface area contributed by atoms with Gasteiger partial charge in [0.05, 0.1) is 6.61 Å². The molecule has 0 aliphatic carbocycles. The summed E-state index contributed by atoms with van der Waals surface area (Å²) in [6.45, 7) is 0.605. The predicted octanol–water partition coefficient (Wildman–Crippen LogP) is 4.95. The van der Waals surface area contributed by atoms with E-state index in [0.717, 1.165) is 0 Å². The number of unbranched alkanes of at least 4 members (excludes halogenated alkanes) is 1. The molecule has 0 aliphatic heterocycles. The van der Waals surface area contributed by atoms with Crippen molar-refractivity contribution in [1.82, 2.24) is 0 Å². The molecular weight excluding hydrogens is 373 g/mol. The molecule has 0 heterocycles. The van der Waals surface area contributed by atoms with Gasteiger partial charge in [-0.2, -0.15) is 43.9 Å². The van der Waals surface area contributed by atoms with E-state index in [2.05, 4.69) is 4.74 Å². The summed E-state index contributed by atoms with van der Waals surface area (Å²) in [7, 11) is 0. The molecule has 24 heavy (non-hydrogen) atoms. The molecule has 0 aromatic carbocycles. The Balaban J connectivity index is 6.20. The second-order valence-electron chi connectivity index (χ2n) is 4.35. The lowest BCUT2D eigenvalue weighted by Crippen LogP contribution is -2.65. The first-order chi connectivity index (χ1) is 10.6. The summed E-state index contributed by atoms with van der Waals surface area (Å²) in [5.41, 5.74) is -11.1. The first-order valence-electron chi connectivity index (χ1n) is 5.98. The van der Waals surface area contributed by atoms with Crippen molar-refractivity contribution in [2.45, 2.75) is 43.7 Å². The van der Waals surface area contributed by atoms with Crippen LogP contribution in [0.3, 0.4) is 0 Å². The summed E-state index contributed by atoms with van der Waals surface area (Å²) >= 11 is 0. The van der Waals surface area contributed by atoms with Crippen molar-refractivity contribution in [2.75, 3.05) is 6.61 Å². The number of rotatable bonds is 6. The summed E-state index contributed by atoms with van der Waals surface area (Å²) in [4.78, 5) is 11.1. The minimum Gasteiger partial charge on any atom is -0.462 e. The topological polar surface area (TPSA) is 26.3 Å². The van der Waals surface area contributed by atoms with E-state index >= 15 is 0 Å². The average Bonchev–Trinajstić information content (AvgIpc) is 2.34. The van der Waals surface area contributed by atoms with Crippen LogP contribution in [0, 0.1) is 0 Å². The van der Waals surface area contributed by atoms with Gasteiger partial charge in [0.1, 0.15) is 0 Å². The van der Waals surface area contributed by atoms with E-state index in [0.29, 0.717) is 0 Å². The molecular formula is C11H9F11O2. The van der Waals surface area contributed by atoms with E-state index < -0.39 is 48.2 Å². The number of hydrogen-bond acceptors (Lipinski definition) is 2. The zero-order chi connectivity index (χ0) is 19.6. The van der Waals surface area contributed by atoms with Crippen LogP contribution >= 0.6 is 0 Å². The van der Waals surface area contributed by atoms with Crippen molar-refractivity contribution in [3.63, 3.8) is 0 Å². The van der Waals surface area contributed by atoms with E-state index in [4.69, 9.17) is 0 Å². The highest BCUT2D eigenvalue weighted by atomic mass is 19.4. The maximum Gasteiger partial charge on any atom is 0.438 e. The fourth-order valence-electron chi connectivity index (χ4n) is 1.39. The van der Waals surface area contributed by atoms with Crippen LogP contribution in [-0.4, -0.2) is 36.5 Å². The molecule has 0 aromatic rings. The lowest BCUT2D eigenvalue weighted by molar-refractivity contribution is -0.388. The largest absolute Gasteiger partial charge is 0.462 e. The molecule has 0 amide bonds. The highest BCUT2D eigenvalue weighted by Gasteiger charge is 2.86. The Morgan fingerprint density at radius 2 is 1.29 bits per heavy atom. The molecule has 2 nitrogen and oxygen atoms in total. The van der Waals surface area contributed by atoms with Crippen molar-refractivity contribution < 1.29 is 57.8 Å². The van der Waals surface area contributed by atoms with Crippen LogP contribution in [0.1, 0.15) is 19.8 Å². The van der Waals surface area contributed by atoms with Gasteiger partial charge in [0.15, 0.2) is 5.57 Å². The van der Waals surface area contributed by atoms with Gasteiger partial charge in [0.2, 0.25) is 0 Å². The van der Waals surface area contributed by atoms with Gasteiger partial charge >= 0.3 is 29.9 Å². The summed E-state index contributed by atoms with van der Waals surface area (Å²) in [6, 6.07) is 0. The number of alkyl halides is 9. The zero-order valence-corrected chi connectivity index (χ0v) is 11.6. The van der Waals surface area contributed by atoms with Crippen molar-refractivity contribution >= 4 is 5.97 Å². The molecule has 0 atom stereocenters. The van der Waals surface area contributed by atoms with Gasteiger partial charge in [-0.15, -0.1) is 0 Å². The molecule has 142 valence electrons. The standard InChI is InChI=1S/C11H9F11O2/c1-2-3-4-24-7(23)5(6(12)13)8(14,15)9(16,10(17,18)19)11(20,21)22/h2-4H2,1H3. The normalized spacial score (nSPS) is 13.7. The van der Waals surface area contributed by atoms with Gasteiger partial charge in [-0.3, -0.25) is 0 Å². The van der Waals surface area contributed by atoms with Crippen LogP contribution in [0.25, 0.3) is 0 Å². The van der Waals surface area contributed by atoms with Gasteiger partial charge in [-0.05, 0) is 6.42 Å². The SMILES string of the molecule is CCCCOC(=O)C(=C(F)F)C(F)(F)C(F)(C(F)(F)F)C(F)(F)F. The number of halogens is 11. The summed E-state index contributed by atoms with van der Waals surface area (Å²) in [5.74, 6) is -9.87. The quantitative estimate of drug-likeness (QED) is 0.281. The maximum atomic E-state index is 13.5. The molecule has 0 bridgehead atoms. The van der Waals surface area contributed by atoms with Crippen LogP contribution in [0.2, 0.25) is 0 Å². The van der Waals surface area contributed by atoms with Crippen molar-refractivity contribution in [1.29, 1.82) is 0 Å². The minimum atomic E-state index is -7.42. The average molecular weight is 382 g/mol. The third-order valence-electron chi connectivity index (χ3n) is 2.65. The smallest absolute Gasteiger partial charge is 0.438 e. The second kappa shape index (κ2) is 7.13. The van der Waals surface area contributed by atoms with Crippen molar-refractivity contribution in [3.8, 4) is 0 Å². The fourth-order valence-corrected chi connectivity index (χ4v) is 1.39. The van der Waals surface area contributed by atoms with Crippen molar-refractivity contribution in [2.24, 2.45) is 0 Å². The van der Waals surface area contributed by atoms with E-state index in [1.54, 1.807) is 0 Å². The molecule has 0 saturated heterocycles. The summed E-state index contributed by atoms with van der Waals surface area (Å²) < 4.78 is 143. The van der Waals surface area contributed by atoms with Crippen LogP contribution in [0.5, 0.6) is 0 Å². The highest BCUT2D eigenvalue weighted by molar-refractivity contribution is 5.91. The molecule has 0 unspecified atom stereocenters. The molecule has 0 fully saturated rings. The lowest BCUT2D eigenvalue weighted by atomic mass is 9.90. The first-order valence-corrected chi connectivity index (χ1v) is 5.98. The Morgan fingerprint density at radius 3 is 1.58 bits per heavy atom. The van der Waals surface area contributed by atoms with E-state index in [1.165, 1.54) is 6.92 Å². The van der Waals surface area contributed by atoms with Crippen LogP contribution in [0.15, 0.2) is 11.7 Å². The predicted molar refractivity (Wildman–Crippen MR) is 56.0 cm³/mol. The zero-order valence-electron chi connectivity index (χ0n) is 11.6. The van der Waals surface area contributed by atoms with Gasteiger partial charge in [-0.25, -0.2) is 9.18 Å². The molecule has 0 radical (unpaired) electrons.